The van der Waals surface area contributed by atoms with E-state index in [-0.39, 0.29) is 18.8 Å². The van der Waals surface area contributed by atoms with Crippen LogP contribution in [0.2, 0.25) is 0 Å². The molecule has 0 aliphatic carbocycles. The average Bonchev–Trinajstić information content (AvgIpc) is 2.67. The van der Waals surface area contributed by atoms with E-state index >= 15 is 0 Å². The molecule has 1 heterocycles. The van der Waals surface area contributed by atoms with Crippen molar-refractivity contribution in [3.05, 3.63) is 21.9 Å². The van der Waals surface area contributed by atoms with Crippen LogP contribution in [-0.2, 0) is 19.1 Å². The Hall–Kier alpha value is -2.16. The van der Waals surface area contributed by atoms with E-state index in [9.17, 15) is 19.7 Å². The number of carbonyl (C=O) groups excluding carboxylic acids is 2. The Morgan fingerprint density at radius 2 is 2.21 bits per heavy atom. The average molecular weight is 273 g/mol. The van der Waals surface area contributed by atoms with Crippen molar-refractivity contribution in [1.82, 2.24) is 10.4 Å². The lowest BCUT2D eigenvalue weighted by Gasteiger charge is -2.22. The monoisotopic (exact) mass is 273 g/mol. The Morgan fingerprint density at radius 1 is 1.58 bits per heavy atom. The first kappa shape index (κ1) is 14.9. The van der Waals surface area contributed by atoms with E-state index in [1.807, 2.05) is 0 Å². The van der Waals surface area contributed by atoms with Crippen LogP contribution in [0.1, 0.15) is 13.8 Å². The largest absolute Gasteiger partial charge is 0.465 e. The third-order valence-electron chi connectivity index (χ3n) is 2.44. The summed E-state index contributed by atoms with van der Waals surface area (Å²) in [5.74, 6) is -1.39. The third kappa shape index (κ3) is 3.19. The minimum Gasteiger partial charge on any atom is -0.465 e. The normalized spacial score (nSPS) is 21.8. The van der Waals surface area contributed by atoms with Gasteiger partial charge in [-0.1, -0.05) is 0 Å². The highest BCUT2D eigenvalue weighted by Gasteiger charge is 2.46. The number of esters is 2. The summed E-state index contributed by atoms with van der Waals surface area (Å²) in [6.45, 7) is 2.74. The van der Waals surface area contributed by atoms with Crippen molar-refractivity contribution in [3.63, 3.8) is 0 Å². The molecule has 1 aliphatic heterocycles. The highest BCUT2D eigenvalue weighted by atomic mass is 16.6. The van der Waals surface area contributed by atoms with Gasteiger partial charge in [0.25, 0.3) is 0 Å². The first-order chi connectivity index (χ1) is 8.84. The van der Waals surface area contributed by atoms with Gasteiger partial charge in [-0.05, 0) is 6.92 Å². The summed E-state index contributed by atoms with van der Waals surface area (Å²) < 4.78 is 9.24. The fourth-order valence-electron chi connectivity index (χ4n) is 1.54. The van der Waals surface area contributed by atoms with Crippen LogP contribution < -0.4 is 5.43 Å². The van der Waals surface area contributed by atoms with Crippen LogP contribution in [0.4, 0.5) is 0 Å². The highest BCUT2D eigenvalue weighted by molar-refractivity contribution is 5.89. The molecule has 0 radical (unpaired) electrons. The van der Waals surface area contributed by atoms with Gasteiger partial charge in [-0.3, -0.25) is 19.9 Å². The predicted molar refractivity (Wildman–Crippen MR) is 62.0 cm³/mol. The van der Waals surface area contributed by atoms with Gasteiger partial charge in [0.1, 0.15) is 12.2 Å². The summed E-state index contributed by atoms with van der Waals surface area (Å²) in [5, 5.41) is 12.0. The van der Waals surface area contributed by atoms with Crippen molar-refractivity contribution in [2.75, 3.05) is 20.3 Å². The summed E-state index contributed by atoms with van der Waals surface area (Å²) in [6, 6.07) is 0. The molecule has 0 bridgehead atoms. The Bertz CT molecular complexity index is 435. The molecule has 106 valence electrons. The Balaban J connectivity index is 2.93. The second-order valence-corrected chi connectivity index (χ2v) is 3.93. The topological polar surface area (TPSA) is 111 Å². The van der Waals surface area contributed by atoms with Crippen LogP contribution in [0, 0.1) is 10.1 Å². The number of nitrogens with zero attached hydrogens (tertiary/aromatic N) is 2. The number of hydrogen-bond donors (Lipinski definition) is 1. The summed E-state index contributed by atoms with van der Waals surface area (Å²) in [4.78, 5) is 33.2. The lowest BCUT2D eigenvalue weighted by atomic mass is 10.2. The van der Waals surface area contributed by atoms with Crippen molar-refractivity contribution in [2.24, 2.45) is 0 Å². The number of carbonyl (C=O) groups is 2. The van der Waals surface area contributed by atoms with Gasteiger partial charge in [0.05, 0.1) is 13.7 Å². The van der Waals surface area contributed by atoms with Crippen LogP contribution in [0.3, 0.4) is 0 Å². The van der Waals surface area contributed by atoms with Gasteiger partial charge < -0.3 is 9.47 Å². The molecule has 1 atom stereocenters. The molecule has 0 spiro atoms. The van der Waals surface area contributed by atoms with Gasteiger partial charge in [0.2, 0.25) is 0 Å². The zero-order valence-corrected chi connectivity index (χ0v) is 10.8. The SMILES string of the molecule is CCOC(=O)CN1NC(C)([N+](=O)[O-])C=C1C(=O)OC. The number of methoxy groups -OCH3 is 1. The standard InChI is InChI=1S/C10H15N3O6/c1-4-19-8(14)6-12-7(9(15)18-3)5-10(2,11-12)13(16)17/h5,11H,4,6H2,1-3H3. The molecule has 9 heteroatoms. The van der Waals surface area contributed by atoms with E-state index in [1.54, 1.807) is 6.92 Å². The molecule has 0 fully saturated rings. The molecule has 19 heavy (non-hydrogen) atoms. The van der Waals surface area contributed by atoms with Crippen LogP contribution >= 0.6 is 0 Å². The molecule has 1 aliphatic rings. The van der Waals surface area contributed by atoms with Gasteiger partial charge in [-0.25, -0.2) is 4.79 Å². The molecule has 0 aromatic carbocycles. The maximum Gasteiger partial charge on any atom is 0.355 e. The molecule has 1 unspecified atom stereocenters. The van der Waals surface area contributed by atoms with Gasteiger partial charge >= 0.3 is 17.6 Å². The minimum atomic E-state index is -1.67. The van der Waals surface area contributed by atoms with E-state index in [4.69, 9.17) is 4.74 Å². The highest BCUT2D eigenvalue weighted by Crippen LogP contribution is 2.22. The number of hydrogen-bond acceptors (Lipinski definition) is 8. The van der Waals surface area contributed by atoms with E-state index in [2.05, 4.69) is 10.2 Å². The second kappa shape index (κ2) is 5.65. The first-order valence-electron chi connectivity index (χ1n) is 5.50. The Labute approximate surface area is 109 Å². The predicted octanol–water partition coefficient (Wildman–Crippen LogP) is -0.580. The van der Waals surface area contributed by atoms with Crippen molar-refractivity contribution in [1.29, 1.82) is 0 Å². The molecule has 0 amide bonds. The van der Waals surface area contributed by atoms with Crippen molar-refractivity contribution in [2.45, 2.75) is 19.5 Å². The molecule has 0 saturated carbocycles. The third-order valence-corrected chi connectivity index (χ3v) is 2.44. The van der Waals surface area contributed by atoms with E-state index in [0.29, 0.717) is 0 Å². The number of ether oxygens (including phenoxy) is 2. The maximum atomic E-state index is 11.5. The van der Waals surface area contributed by atoms with Crippen molar-refractivity contribution < 1.29 is 24.0 Å². The zero-order valence-electron chi connectivity index (χ0n) is 10.8. The summed E-state index contributed by atoms with van der Waals surface area (Å²) in [5.41, 5.74) is 0.689. The quantitative estimate of drug-likeness (QED) is 0.402. The van der Waals surface area contributed by atoms with E-state index in [0.717, 1.165) is 18.2 Å². The minimum absolute atomic E-state index is 0.102. The fraction of sp³-hybridized carbons (Fsp3) is 0.600. The van der Waals surface area contributed by atoms with Crippen LogP contribution in [0.25, 0.3) is 0 Å². The van der Waals surface area contributed by atoms with Crippen LogP contribution in [0.5, 0.6) is 0 Å². The van der Waals surface area contributed by atoms with Crippen molar-refractivity contribution in [3.8, 4) is 0 Å². The van der Waals surface area contributed by atoms with E-state index in [1.165, 1.54) is 6.92 Å². The molecular weight excluding hydrogens is 258 g/mol. The molecule has 0 aromatic rings. The van der Waals surface area contributed by atoms with Crippen LogP contribution in [0.15, 0.2) is 11.8 Å². The number of rotatable bonds is 5. The lowest BCUT2D eigenvalue weighted by Crippen LogP contribution is -2.52. The molecule has 1 rings (SSSR count). The second-order valence-electron chi connectivity index (χ2n) is 3.93. The number of hydrazine groups is 1. The van der Waals surface area contributed by atoms with E-state index < -0.39 is 22.5 Å². The molecule has 0 saturated heterocycles. The maximum absolute atomic E-state index is 11.5. The van der Waals surface area contributed by atoms with Crippen molar-refractivity contribution >= 4 is 11.9 Å². The molecule has 0 aromatic heterocycles. The Kier molecular flexibility index (Phi) is 4.43. The first-order valence-corrected chi connectivity index (χ1v) is 5.50. The number of nitro groups is 1. The fourth-order valence-corrected chi connectivity index (χ4v) is 1.54. The van der Waals surface area contributed by atoms with Gasteiger partial charge in [-0.2, -0.15) is 5.43 Å². The van der Waals surface area contributed by atoms with Gasteiger partial charge in [0.15, 0.2) is 0 Å². The van der Waals surface area contributed by atoms with Gasteiger partial charge in [-0.15, -0.1) is 0 Å². The summed E-state index contributed by atoms with van der Waals surface area (Å²) in [7, 11) is 1.15. The number of nitrogens with one attached hydrogen (secondary N) is 1. The summed E-state index contributed by atoms with van der Waals surface area (Å²) >= 11 is 0. The molecule has 1 N–H and O–H groups in total. The lowest BCUT2D eigenvalue weighted by molar-refractivity contribution is -0.560. The zero-order chi connectivity index (χ0) is 14.6. The van der Waals surface area contributed by atoms with Gasteiger partial charge in [0, 0.05) is 17.9 Å². The molecular formula is C10H15N3O6. The smallest absolute Gasteiger partial charge is 0.355 e. The summed E-state index contributed by atoms with van der Waals surface area (Å²) in [6.07, 6.45) is 1.10. The Morgan fingerprint density at radius 3 is 2.68 bits per heavy atom. The molecule has 9 nitrogen and oxygen atoms in total. The van der Waals surface area contributed by atoms with Crippen LogP contribution in [-0.4, -0.2) is 47.8 Å².